The standard InChI is InChI=1S/C26H39N3O4/c1-6-7-14-29-22(30)13-12-20(23(29)19-10-8-9-11-21(19)33-5)24(31)27-15-17-28(18-16-27)25(32)26(2,3)4/h8-11,20,23H,6-7,12-18H2,1-5H3. The predicted molar refractivity (Wildman–Crippen MR) is 128 cm³/mol. The Morgan fingerprint density at radius 3 is 2.30 bits per heavy atom. The molecule has 2 fully saturated rings. The summed E-state index contributed by atoms with van der Waals surface area (Å²) in [7, 11) is 1.63. The third-order valence-corrected chi connectivity index (χ3v) is 6.75. The van der Waals surface area contributed by atoms with Gasteiger partial charge in [-0.15, -0.1) is 0 Å². The van der Waals surface area contributed by atoms with E-state index >= 15 is 0 Å². The first-order valence-corrected chi connectivity index (χ1v) is 12.2. The predicted octanol–water partition coefficient (Wildman–Crippen LogP) is 3.49. The summed E-state index contributed by atoms with van der Waals surface area (Å²) in [6.45, 7) is 10.7. The molecule has 0 saturated carbocycles. The largest absolute Gasteiger partial charge is 0.496 e. The monoisotopic (exact) mass is 457 g/mol. The van der Waals surface area contributed by atoms with Crippen molar-refractivity contribution in [2.45, 2.75) is 59.4 Å². The maximum atomic E-state index is 13.8. The summed E-state index contributed by atoms with van der Waals surface area (Å²) in [5.74, 6) is 0.681. The molecule has 2 unspecified atom stereocenters. The van der Waals surface area contributed by atoms with Crippen molar-refractivity contribution in [3.05, 3.63) is 29.8 Å². The molecule has 0 N–H and O–H groups in total. The maximum absolute atomic E-state index is 13.8. The molecule has 7 nitrogen and oxygen atoms in total. The topological polar surface area (TPSA) is 70.2 Å². The maximum Gasteiger partial charge on any atom is 0.228 e. The fourth-order valence-corrected chi connectivity index (χ4v) is 4.94. The zero-order chi connectivity index (χ0) is 24.2. The summed E-state index contributed by atoms with van der Waals surface area (Å²) in [6.07, 6.45) is 2.79. The van der Waals surface area contributed by atoms with E-state index in [1.165, 1.54) is 0 Å². The lowest BCUT2D eigenvalue weighted by molar-refractivity contribution is -0.152. The number of carbonyl (C=O) groups is 3. The number of unbranched alkanes of at least 4 members (excludes halogenated alkanes) is 1. The van der Waals surface area contributed by atoms with Crippen LogP contribution < -0.4 is 4.74 Å². The van der Waals surface area contributed by atoms with Gasteiger partial charge in [-0.25, -0.2) is 0 Å². The van der Waals surface area contributed by atoms with Gasteiger partial charge >= 0.3 is 0 Å². The van der Waals surface area contributed by atoms with E-state index in [0.29, 0.717) is 51.3 Å². The van der Waals surface area contributed by atoms with Gasteiger partial charge in [0.15, 0.2) is 0 Å². The number of piperidine rings is 1. The van der Waals surface area contributed by atoms with Crippen LogP contribution in [0, 0.1) is 11.3 Å². The fraction of sp³-hybridized carbons (Fsp3) is 0.654. The third kappa shape index (κ3) is 5.50. The Balaban J connectivity index is 1.84. The van der Waals surface area contributed by atoms with E-state index in [-0.39, 0.29) is 29.7 Å². The Hall–Kier alpha value is -2.57. The minimum Gasteiger partial charge on any atom is -0.496 e. The van der Waals surface area contributed by atoms with E-state index in [1.54, 1.807) is 7.11 Å². The molecule has 2 atom stereocenters. The molecular weight excluding hydrogens is 418 g/mol. The lowest BCUT2D eigenvalue weighted by atomic mass is 9.82. The molecule has 7 heteroatoms. The van der Waals surface area contributed by atoms with Crippen molar-refractivity contribution in [3.63, 3.8) is 0 Å². The summed E-state index contributed by atoms with van der Waals surface area (Å²) >= 11 is 0. The van der Waals surface area contributed by atoms with E-state index in [1.807, 2.05) is 59.7 Å². The Labute approximate surface area is 198 Å². The molecule has 3 amide bonds. The Morgan fingerprint density at radius 1 is 1.06 bits per heavy atom. The van der Waals surface area contributed by atoms with Crippen LogP contribution in [-0.2, 0) is 14.4 Å². The van der Waals surface area contributed by atoms with E-state index in [0.717, 1.165) is 18.4 Å². The van der Waals surface area contributed by atoms with Gasteiger partial charge in [0.2, 0.25) is 17.7 Å². The van der Waals surface area contributed by atoms with E-state index in [4.69, 9.17) is 4.74 Å². The number of methoxy groups -OCH3 is 1. The molecule has 0 aliphatic carbocycles. The van der Waals surface area contributed by atoms with Crippen LogP contribution in [0.4, 0.5) is 0 Å². The minimum atomic E-state index is -0.426. The van der Waals surface area contributed by atoms with Crippen molar-refractivity contribution in [2.75, 3.05) is 39.8 Å². The Bertz CT molecular complexity index is 855. The first-order chi connectivity index (χ1) is 15.7. The van der Waals surface area contributed by atoms with Gasteiger partial charge < -0.3 is 19.4 Å². The number of para-hydroxylation sites is 1. The number of ether oxygens (including phenoxy) is 1. The smallest absolute Gasteiger partial charge is 0.228 e. The van der Waals surface area contributed by atoms with Crippen molar-refractivity contribution < 1.29 is 19.1 Å². The quantitative estimate of drug-likeness (QED) is 0.656. The summed E-state index contributed by atoms with van der Waals surface area (Å²) in [4.78, 5) is 45.0. The number of carbonyl (C=O) groups excluding carboxylic acids is 3. The van der Waals surface area contributed by atoms with Crippen LogP contribution in [0.3, 0.4) is 0 Å². The molecule has 0 radical (unpaired) electrons. The van der Waals surface area contributed by atoms with Crippen LogP contribution in [-0.4, -0.2) is 72.3 Å². The van der Waals surface area contributed by atoms with Gasteiger partial charge in [0.05, 0.1) is 19.1 Å². The highest BCUT2D eigenvalue weighted by atomic mass is 16.5. The summed E-state index contributed by atoms with van der Waals surface area (Å²) in [6, 6.07) is 7.38. The van der Waals surface area contributed by atoms with Crippen LogP contribution in [0.15, 0.2) is 24.3 Å². The number of nitrogens with zero attached hydrogens (tertiary/aromatic N) is 3. The SMILES string of the molecule is CCCCN1C(=O)CCC(C(=O)N2CCN(C(=O)C(C)(C)C)CC2)C1c1ccccc1OC. The van der Waals surface area contributed by atoms with E-state index in [9.17, 15) is 14.4 Å². The van der Waals surface area contributed by atoms with Crippen molar-refractivity contribution in [1.82, 2.24) is 14.7 Å². The second-order valence-electron chi connectivity index (χ2n) is 10.1. The second kappa shape index (κ2) is 10.6. The van der Waals surface area contributed by atoms with Crippen molar-refractivity contribution in [1.29, 1.82) is 0 Å². The van der Waals surface area contributed by atoms with Gasteiger partial charge in [0.1, 0.15) is 5.75 Å². The molecule has 182 valence electrons. The highest BCUT2D eigenvalue weighted by Gasteiger charge is 2.43. The summed E-state index contributed by atoms with van der Waals surface area (Å²) in [5.41, 5.74) is 0.467. The van der Waals surface area contributed by atoms with Gasteiger partial charge in [-0.1, -0.05) is 52.3 Å². The van der Waals surface area contributed by atoms with Crippen LogP contribution >= 0.6 is 0 Å². The molecule has 2 aliphatic rings. The molecule has 33 heavy (non-hydrogen) atoms. The van der Waals surface area contributed by atoms with E-state index < -0.39 is 5.41 Å². The van der Waals surface area contributed by atoms with Crippen LogP contribution in [0.1, 0.15) is 65.0 Å². The van der Waals surface area contributed by atoms with Gasteiger partial charge in [0, 0.05) is 50.1 Å². The fourth-order valence-electron chi connectivity index (χ4n) is 4.94. The molecule has 2 heterocycles. The first-order valence-electron chi connectivity index (χ1n) is 12.2. The molecule has 3 rings (SSSR count). The number of amides is 3. The molecule has 0 aromatic heterocycles. The van der Waals surface area contributed by atoms with Gasteiger partial charge in [-0.05, 0) is 18.9 Å². The number of rotatable bonds is 6. The second-order valence-corrected chi connectivity index (χ2v) is 10.1. The normalized spacial score (nSPS) is 21.8. The van der Waals surface area contributed by atoms with Gasteiger partial charge in [0.25, 0.3) is 0 Å². The minimum absolute atomic E-state index is 0.0720. The number of piperazine rings is 1. The van der Waals surface area contributed by atoms with Crippen molar-refractivity contribution in [2.24, 2.45) is 11.3 Å². The van der Waals surface area contributed by atoms with Crippen molar-refractivity contribution >= 4 is 17.7 Å². The zero-order valence-electron chi connectivity index (χ0n) is 20.8. The van der Waals surface area contributed by atoms with Gasteiger partial charge in [-0.2, -0.15) is 0 Å². The number of benzene rings is 1. The first kappa shape index (κ1) is 25.1. The van der Waals surface area contributed by atoms with Crippen LogP contribution in [0.2, 0.25) is 0 Å². The van der Waals surface area contributed by atoms with Crippen molar-refractivity contribution in [3.8, 4) is 5.75 Å². The van der Waals surface area contributed by atoms with E-state index in [2.05, 4.69) is 6.92 Å². The third-order valence-electron chi connectivity index (χ3n) is 6.75. The van der Waals surface area contributed by atoms with Crippen LogP contribution in [0.5, 0.6) is 5.75 Å². The average molecular weight is 458 g/mol. The highest BCUT2D eigenvalue weighted by Crippen LogP contribution is 2.41. The number of hydrogen-bond donors (Lipinski definition) is 0. The zero-order valence-corrected chi connectivity index (χ0v) is 20.8. The molecule has 1 aromatic rings. The molecular formula is C26H39N3O4. The van der Waals surface area contributed by atoms with Crippen LogP contribution in [0.25, 0.3) is 0 Å². The Kier molecular flexibility index (Phi) is 8.03. The summed E-state index contributed by atoms with van der Waals surface area (Å²) < 4.78 is 5.63. The molecule has 2 aliphatic heterocycles. The lowest BCUT2D eigenvalue weighted by Crippen LogP contribution is -2.56. The Morgan fingerprint density at radius 2 is 1.70 bits per heavy atom. The van der Waals surface area contributed by atoms with Gasteiger partial charge in [-0.3, -0.25) is 14.4 Å². The number of likely N-dealkylation sites (tertiary alicyclic amines) is 1. The molecule has 0 bridgehead atoms. The lowest BCUT2D eigenvalue weighted by Gasteiger charge is -2.44. The summed E-state index contributed by atoms with van der Waals surface area (Å²) in [5, 5.41) is 0. The molecule has 1 aromatic carbocycles. The molecule has 0 spiro atoms. The highest BCUT2D eigenvalue weighted by molar-refractivity contribution is 5.86. The number of hydrogen-bond acceptors (Lipinski definition) is 4. The molecule has 2 saturated heterocycles. The average Bonchev–Trinajstić information content (AvgIpc) is 2.81.